The van der Waals surface area contributed by atoms with Crippen LogP contribution in [0.5, 0.6) is 0 Å². The molecule has 3 atom stereocenters. The summed E-state index contributed by atoms with van der Waals surface area (Å²) in [4.78, 5) is 27.7. The molecule has 2 saturated heterocycles. The van der Waals surface area contributed by atoms with E-state index in [4.69, 9.17) is 0 Å². The van der Waals surface area contributed by atoms with Gasteiger partial charge in [-0.3, -0.25) is 9.59 Å². The second kappa shape index (κ2) is 7.29. The largest absolute Gasteiger partial charge is 0.326 e. The predicted molar refractivity (Wildman–Crippen MR) is 100 cm³/mol. The molecule has 8 heteroatoms. The van der Waals surface area contributed by atoms with Crippen molar-refractivity contribution in [2.45, 2.75) is 6.04 Å². The number of piperidine rings is 1. The second-order valence-corrected chi connectivity index (χ2v) is 7.22. The van der Waals surface area contributed by atoms with E-state index in [0.29, 0.717) is 18.8 Å². The molecule has 0 radical (unpaired) electrons. The van der Waals surface area contributed by atoms with Crippen LogP contribution in [0, 0.1) is 23.5 Å². The van der Waals surface area contributed by atoms with Crippen LogP contribution in [0.4, 0.5) is 20.2 Å². The Balaban J connectivity index is 1.56. The van der Waals surface area contributed by atoms with Gasteiger partial charge in [0.25, 0.3) is 0 Å². The molecule has 2 amide bonds. The van der Waals surface area contributed by atoms with E-state index in [1.54, 1.807) is 0 Å². The number of carbonyl (C=O) groups is 2. The Bertz CT molecular complexity index is 908. The number of benzene rings is 2. The maximum atomic E-state index is 13.4. The van der Waals surface area contributed by atoms with Crippen molar-refractivity contribution in [3.8, 4) is 0 Å². The number of hydrogen-bond donors (Lipinski definition) is 2. The molecule has 0 bridgehead atoms. The highest BCUT2D eigenvalue weighted by atomic mass is 19.2. The fourth-order valence-electron chi connectivity index (χ4n) is 3.88. The van der Waals surface area contributed by atoms with Gasteiger partial charge in [0.2, 0.25) is 11.8 Å². The molecule has 2 aromatic carbocycles. The summed E-state index contributed by atoms with van der Waals surface area (Å²) in [6.07, 6.45) is 0. The Labute approximate surface area is 161 Å². The van der Waals surface area contributed by atoms with E-state index >= 15 is 0 Å². The van der Waals surface area contributed by atoms with Crippen LogP contribution in [-0.2, 0) is 9.59 Å². The summed E-state index contributed by atoms with van der Waals surface area (Å²) in [5.74, 6) is -3.34. The fraction of sp³-hybridized carbons (Fsp3) is 0.300. The van der Waals surface area contributed by atoms with E-state index in [0.717, 1.165) is 12.1 Å². The van der Waals surface area contributed by atoms with Gasteiger partial charge < -0.3 is 10.2 Å². The summed E-state index contributed by atoms with van der Waals surface area (Å²) in [5.41, 5.74) is 4.07. The average molecular weight is 386 g/mol. The number of likely N-dealkylation sites (tertiary alicyclic amines) is 1. The first-order valence-corrected chi connectivity index (χ1v) is 9.03. The molecule has 146 valence electrons. The highest BCUT2D eigenvalue weighted by molar-refractivity contribution is 5.99. The topological polar surface area (TPSA) is 64.7 Å². The van der Waals surface area contributed by atoms with Crippen molar-refractivity contribution < 1.29 is 18.4 Å². The van der Waals surface area contributed by atoms with Crippen LogP contribution in [0.2, 0.25) is 0 Å². The summed E-state index contributed by atoms with van der Waals surface area (Å²) >= 11 is 0. The molecule has 0 saturated carbocycles. The molecule has 2 aliphatic rings. The van der Waals surface area contributed by atoms with Crippen molar-refractivity contribution in [2.24, 2.45) is 11.8 Å². The third-order valence-electron chi connectivity index (χ3n) is 5.24. The summed E-state index contributed by atoms with van der Waals surface area (Å²) in [7, 11) is 1.85. The predicted octanol–water partition coefficient (Wildman–Crippen LogP) is 2.00. The van der Waals surface area contributed by atoms with E-state index in [2.05, 4.69) is 10.7 Å². The number of para-hydroxylation sites is 1. The minimum atomic E-state index is -1.03. The van der Waals surface area contributed by atoms with Crippen LogP contribution in [-0.4, -0.2) is 42.9 Å². The molecule has 3 unspecified atom stereocenters. The van der Waals surface area contributed by atoms with Crippen molar-refractivity contribution in [3.05, 3.63) is 60.2 Å². The maximum absolute atomic E-state index is 13.4. The van der Waals surface area contributed by atoms with Crippen LogP contribution in [0.25, 0.3) is 0 Å². The van der Waals surface area contributed by atoms with E-state index < -0.39 is 17.6 Å². The third-order valence-corrected chi connectivity index (χ3v) is 5.24. The minimum Gasteiger partial charge on any atom is -0.326 e. The van der Waals surface area contributed by atoms with E-state index in [-0.39, 0.29) is 29.5 Å². The van der Waals surface area contributed by atoms with Crippen LogP contribution in [0.3, 0.4) is 0 Å². The number of amides is 2. The van der Waals surface area contributed by atoms with E-state index in [1.165, 1.54) is 11.1 Å². The molecule has 2 aromatic rings. The van der Waals surface area contributed by atoms with Crippen molar-refractivity contribution in [1.82, 2.24) is 10.3 Å². The molecule has 2 N–H and O–H groups in total. The first-order valence-electron chi connectivity index (χ1n) is 9.03. The summed E-state index contributed by atoms with van der Waals surface area (Å²) in [6.45, 7) is 0.981. The lowest BCUT2D eigenvalue weighted by Gasteiger charge is -2.36. The first-order chi connectivity index (χ1) is 13.4. The molecular weight excluding hydrogens is 366 g/mol. The van der Waals surface area contributed by atoms with Gasteiger partial charge in [-0.1, -0.05) is 18.2 Å². The molecule has 0 spiro atoms. The van der Waals surface area contributed by atoms with Crippen molar-refractivity contribution in [3.63, 3.8) is 0 Å². The standard InChI is InChI=1S/C20H20F2N4O2/c1-25-10-14(19(27)23-12-7-8-16(21)17(22)9-12)18-15(11-25)20(28)26(24-18)13-5-3-2-4-6-13/h2-9,14-15,18,24H,10-11H2,1H3,(H,23,27). The van der Waals surface area contributed by atoms with Gasteiger partial charge in [-0.25, -0.2) is 19.2 Å². The number of rotatable bonds is 3. The fourth-order valence-corrected chi connectivity index (χ4v) is 3.88. The number of carbonyl (C=O) groups excluding carboxylic acids is 2. The first kappa shape index (κ1) is 18.5. The molecule has 0 aromatic heterocycles. The molecule has 2 aliphatic heterocycles. The van der Waals surface area contributed by atoms with Gasteiger partial charge in [-0.2, -0.15) is 0 Å². The normalized spacial score (nSPS) is 24.9. The Hall–Kier alpha value is -2.84. The van der Waals surface area contributed by atoms with Crippen LogP contribution < -0.4 is 15.8 Å². The zero-order valence-electron chi connectivity index (χ0n) is 15.2. The Morgan fingerprint density at radius 3 is 2.57 bits per heavy atom. The monoisotopic (exact) mass is 386 g/mol. The smallest absolute Gasteiger partial charge is 0.247 e. The van der Waals surface area contributed by atoms with Gasteiger partial charge in [0.05, 0.1) is 23.6 Å². The number of halogens is 2. The van der Waals surface area contributed by atoms with Crippen molar-refractivity contribution in [2.75, 3.05) is 30.5 Å². The summed E-state index contributed by atoms with van der Waals surface area (Å²) in [5, 5.41) is 4.13. The Kier molecular flexibility index (Phi) is 4.82. The van der Waals surface area contributed by atoms with Gasteiger partial charge in [-0.15, -0.1) is 0 Å². The highest BCUT2D eigenvalue weighted by Crippen LogP contribution is 2.32. The molecule has 0 aliphatic carbocycles. The van der Waals surface area contributed by atoms with Crippen LogP contribution in [0.15, 0.2) is 48.5 Å². The Morgan fingerprint density at radius 2 is 1.86 bits per heavy atom. The average Bonchev–Trinajstić information content (AvgIpc) is 3.01. The van der Waals surface area contributed by atoms with Gasteiger partial charge in [-0.05, 0) is 31.3 Å². The van der Waals surface area contributed by atoms with Gasteiger partial charge >= 0.3 is 0 Å². The zero-order chi connectivity index (χ0) is 19.8. The number of anilines is 2. The van der Waals surface area contributed by atoms with Gasteiger partial charge in [0.1, 0.15) is 0 Å². The highest BCUT2D eigenvalue weighted by Gasteiger charge is 2.50. The van der Waals surface area contributed by atoms with Crippen LogP contribution in [0.1, 0.15) is 0 Å². The SMILES string of the molecule is CN1CC(C(=O)Nc2ccc(F)c(F)c2)C2NN(c3ccccc3)C(=O)C2C1. The van der Waals surface area contributed by atoms with Crippen molar-refractivity contribution in [1.29, 1.82) is 0 Å². The van der Waals surface area contributed by atoms with E-state index in [9.17, 15) is 18.4 Å². The number of nitrogens with one attached hydrogen (secondary N) is 2. The van der Waals surface area contributed by atoms with Gasteiger partial charge in [0.15, 0.2) is 11.6 Å². The number of hydrogen-bond acceptors (Lipinski definition) is 4. The minimum absolute atomic E-state index is 0.0895. The summed E-state index contributed by atoms with van der Waals surface area (Å²) in [6, 6.07) is 12.0. The molecule has 6 nitrogen and oxygen atoms in total. The molecular formula is C20H20F2N4O2. The number of hydrazine groups is 1. The number of nitrogens with zero attached hydrogens (tertiary/aromatic N) is 2. The zero-order valence-corrected chi connectivity index (χ0v) is 15.2. The lowest BCUT2D eigenvalue weighted by atomic mass is 9.84. The maximum Gasteiger partial charge on any atom is 0.247 e. The molecule has 2 fully saturated rings. The van der Waals surface area contributed by atoms with Gasteiger partial charge in [0, 0.05) is 24.8 Å². The second-order valence-electron chi connectivity index (χ2n) is 7.22. The lowest BCUT2D eigenvalue weighted by Crippen LogP contribution is -2.55. The third kappa shape index (κ3) is 3.36. The van der Waals surface area contributed by atoms with Crippen molar-refractivity contribution >= 4 is 23.2 Å². The summed E-state index contributed by atoms with van der Waals surface area (Å²) < 4.78 is 26.6. The van der Waals surface area contributed by atoms with Crippen LogP contribution >= 0.6 is 0 Å². The molecule has 2 heterocycles. The lowest BCUT2D eigenvalue weighted by molar-refractivity contribution is -0.125. The quantitative estimate of drug-likeness (QED) is 0.847. The Morgan fingerprint density at radius 1 is 1.11 bits per heavy atom. The molecule has 28 heavy (non-hydrogen) atoms. The molecule has 4 rings (SSSR count). The number of fused-ring (bicyclic) bond motifs is 1. The van der Waals surface area contributed by atoms with E-state index in [1.807, 2.05) is 42.3 Å².